The summed E-state index contributed by atoms with van der Waals surface area (Å²) >= 11 is 3.55. The summed E-state index contributed by atoms with van der Waals surface area (Å²) in [6.07, 6.45) is 1.83. The van der Waals surface area contributed by atoms with Gasteiger partial charge in [0.05, 0.1) is 11.0 Å². The van der Waals surface area contributed by atoms with E-state index in [1.54, 1.807) is 0 Å². The Kier molecular flexibility index (Phi) is 2.35. The molecule has 0 amide bonds. The third kappa shape index (κ3) is 1.36. The van der Waals surface area contributed by atoms with Crippen LogP contribution in [-0.4, -0.2) is 9.55 Å². The molecule has 2 nitrogen and oxygen atoms in total. The molecular formula is C11H13BrN2. The first-order valence-electron chi connectivity index (χ1n) is 4.71. The van der Waals surface area contributed by atoms with E-state index in [-0.39, 0.29) is 0 Å². The smallest absolute Gasteiger partial charge is 0.0895 e. The van der Waals surface area contributed by atoms with Crippen LogP contribution in [-0.2, 0) is 7.05 Å². The van der Waals surface area contributed by atoms with Crippen LogP contribution in [0.25, 0.3) is 11.0 Å². The van der Waals surface area contributed by atoms with Crippen molar-refractivity contribution in [2.24, 2.45) is 7.05 Å². The molecule has 0 saturated heterocycles. The minimum absolute atomic E-state index is 0.529. The molecule has 3 heteroatoms. The number of aryl methyl sites for hydroxylation is 1. The lowest BCUT2D eigenvalue weighted by Crippen LogP contribution is -1.97. The molecule has 0 radical (unpaired) electrons. The predicted octanol–water partition coefficient (Wildman–Crippen LogP) is 3.46. The number of fused-ring (bicyclic) bond motifs is 1. The summed E-state index contributed by atoms with van der Waals surface area (Å²) in [5, 5.41) is 0. The molecular weight excluding hydrogens is 240 g/mol. The summed E-state index contributed by atoms with van der Waals surface area (Å²) in [6.45, 7) is 4.39. The zero-order valence-electron chi connectivity index (χ0n) is 8.58. The standard InChI is InChI=1S/C11H13BrN2/c1-7(2)10-6-9-11(14(10)3)8(12)4-5-13-9/h4-7H,1-3H3. The van der Waals surface area contributed by atoms with Gasteiger partial charge in [0.2, 0.25) is 0 Å². The van der Waals surface area contributed by atoms with Gasteiger partial charge in [-0.1, -0.05) is 13.8 Å². The van der Waals surface area contributed by atoms with Crippen molar-refractivity contribution in [3.05, 3.63) is 28.5 Å². The minimum atomic E-state index is 0.529. The average Bonchev–Trinajstić information content (AvgIpc) is 2.45. The Morgan fingerprint density at radius 1 is 1.43 bits per heavy atom. The zero-order valence-corrected chi connectivity index (χ0v) is 10.2. The highest BCUT2D eigenvalue weighted by atomic mass is 79.9. The van der Waals surface area contributed by atoms with Crippen LogP contribution in [0.3, 0.4) is 0 Å². The van der Waals surface area contributed by atoms with Crippen molar-refractivity contribution in [1.82, 2.24) is 9.55 Å². The molecule has 2 aromatic heterocycles. The quantitative estimate of drug-likeness (QED) is 0.761. The Labute approximate surface area is 92.1 Å². The van der Waals surface area contributed by atoms with Gasteiger partial charge in [0.1, 0.15) is 0 Å². The van der Waals surface area contributed by atoms with Crippen molar-refractivity contribution >= 4 is 27.0 Å². The van der Waals surface area contributed by atoms with Gasteiger partial charge >= 0.3 is 0 Å². The molecule has 0 aliphatic heterocycles. The van der Waals surface area contributed by atoms with E-state index >= 15 is 0 Å². The highest BCUT2D eigenvalue weighted by molar-refractivity contribution is 9.10. The summed E-state index contributed by atoms with van der Waals surface area (Å²) in [7, 11) is 2.09. The first-order valence-corrected chi connectivity index (χ1v) is 5.50. The molecule has 0 atom stereocenters. The fraction of sp³-hybridized carbons (Fsp3) is 0.364. The lowest BCUT2D eigenvalue weighted by atomic mass is 10.1. The molecule has 2 heterocycles. The summed E-state index contributed by atoms with van der Waals surface area (Å²) in [4.78, 5) is 4.36. The van der Waals surface area contributed by atoms with Crippen LogP contribution < -0.4 is 0 Å². The van der Waals surface area contributed by atoms with Crippen molar-refractivity contribution < 1.29 is 0 Å². The van der Waals surface area contributed by atoms with E-state index in [1.165, 1.54) is 11.2 Å². The minimum Gasteiger partial charge on any atom is -0.345 e. The normalized spacial score (nSPS) is 11.5. The predicted molar refractivity (Wildman–Crippen MR) is 62.5 cm³/mol. The SMILES string of the molecule is CC(C)c1cc2nccc(Br)c2n1C. The average molecular weight is 253 g/mol. The monoisotopic (exact) mass is 252 g/mol. The first kappa shape index (κ1) is 9.71. The maximum atomic E-state index is 4.36. The van der Waals surface area contributed by atoms with Crippen LogP contribution in [0.2, 0.25) is 0 Å². The molecule has 0 spiro atoms. The van der Waals surface area contributed by atoms with Gasteiger partial charge in [-0.2, -0.15) is 0 Å². The number of aromatic nitrogens is 2. The second kappa shape index (κ2) is 3.39. The summed E-state index contributed by atoms with van der Waals surface area (Å²) in [5.74, 6) is 0.529. The molecule has 0 aliphatic rings. The van der Waals surface area contributed by atoms with E-state index in [9.17, 15) is 0 Å². The number of halogens is 1. The molecule has 0 saturated carbocycles. The largest absolute Gasteiger partial charge is 0.345 e. The third-order valence-corrected chi connectivity index (χ3v) is 3.14. The van der Waals surface area contributed by atoms with Gasteiger partial charge in [-0.15, -0.1) is 0 Å². The van der Waals surface area contributed by atoms with Gasteiger partial charge in [-0.05, 0) is 34.0 Å². The van der Waals surface area contributed by atoms with Crippen LogP contribution >= 0.6 is 15.9 Å². The van der Waals surface area contributed by atoms with E-state index in [2.05, 4.69) is 52.4 Å². The van der Waals surface area contributed by atoms with Crippen LogP contribution in [0, 0.1) is 0 Å². The molecule has 74 valence electrons. The molecule has 0 N–H and O–H groups in total. The number of rotatable bonds is 1. The number of hydrogen-bond donors (Lipinski definition) is 0. The van der Waals surface area contributed by atoms with Crippen molar-refractivity contribution in [2.45, 2.75) is 19.8 Å². The fourth-order valence-corrected chi connectivity index (χ4v) is 2.39. The third-order valence-electron chi connectivity index (χ3n) is 2.50. The van der Waals surface area contributed by atoms with Crippen molar-refractivity contribution in [2.75, 3.05) is 0 Å². The molecule has 2 rings (SSSR count). The first-order chi connectivity index (χ1) is 6.61. The van der Waals surface area contributed by atoms with Gasteiger partial charge in [0.25, 0.3) is 0 Å². The number of nitrogens with zero attached hydrogens (tertiary/aromatic N) is 2. The van der Waals surface area contributed by atoms with Gasteiger partial charge in [-0.3, -0.25) is 4.98 Å². The Hall–Kier alpha value is -0.830. The van der Waals surface area contributed by atoms with Gasteiger partial charge < -0.3 is 4.57 Å². The highest BCUT2D eigenvalue weighted by Gasteiger charge is 2.11. The summed E-state index contributed by atoms with van der Waals surface area (Å²) < 4.78 is 3.31. The highest BCUT2D eigenvalue weighted by Crippen LogP contribution is 2.27. The second-order valence-electron chi connectivity index (χ2n) is 3.81. The summed E-state index contributed by atoms with van der Waals surface area (Å²) in [6, 6.07) is 4.14. The number of hydrogen-bond acceptors (Lipinski definition) is 1. The molecule has 0 bridgehead atoms. The van der Waals surface area contributed by atoms with Crippen LogP contribution in [0.15, 0.2) is 22.8 Å². The topological polar surface area (TPSA) is 17.8 Å². The Bertz CT molecular complexity index is 471. The van der Waals surface area contributed by atoms with Crippen LogP contribution in [0.4, 0.5) is 0 Å². The fourth-order valence-electron chi connectivity index (χ4n) is 1.80. The zero-order chi connectivity index (χ0) is 10.3. The van der Waals surface area contributed by atoms with Gasteiger partial charge in [0, 0.05) is 23.4 Å². The van der Waals surface area contributed by atoms with E-state index < -0.39 is 0 Å². The summed E-state index contributed by atoms with van der Waals surface area (Å²) in [5.41, 5.74) is 3.56. The van der Waals surface area contributed by atoms with Gasteiger partial charge in [-0.25, -0.2) is 0 Å². The molecule has 2 aromatic rings. The Morgan fingerprint density at radius 2 is 2.14 bits per heavy atom. The van der Waals surface area contributed by atoms with Crippen molar-refractivity contribution in [3.63, 3.8) is 0 Å². The molecule has 0 aromatic carbocycles. The van der Waals surface area contributed by atoms with Crippen molar-refractivity contribution in [1.29, 1.82) is 0 Å². The van der Waals surface area contributed by atoms with E-state index in [0.717, 1.165) is 9.99 Å². The maximum Gasteiger partial charge on any atom is 0.0895 e. The van der Waals surface area contributed by atoms with Crippen molar-refractivity contribution in [3.8, 4) is 0 Å². The van der Waals surface area contributed by atoms with Crippen LogP contribution in [0.1, 0.15) is 25.5 Å². The maximum absolute atomic E-state index is 4.36. The van der Waals surface area contributed by atoms with E-state index in [4.69, 9.17) is 0 Å². The second-order valence-corrected chi connectivity index (χ2v) is 4.66. The molecule has 0 unspecified atom stereocenters. The van der Waals surface area contributed by atoms with Crippen LogP contribution in [0.5, 0.6) is 0 Å². The molecule has 14 heavy (non-hydrogen) atoms. The lowest BCUT2D eigenvalue weighted by Gasteiger charge is -2.07. The molecule has 0 fully saturated rings. The Morgan fingerprint density at radius 3 is 2.71 bits per heavy atom. The lowest BCUT2D eigenvalue weighted by molar-refractivity contribution is 0.754. The molecule has 0 aliphatic carbocycles. The van der Waals surface area contributed by atoms with E-state index in [1.807, 2.05) is 12.3 Å². The Balaban J connectivity index is 2.81. The number of pyridine rings is 1. The van der Waals surface area contributed by atoms with Gasteiger partial charge in [0.15, 0.2) is 0 Å². The van der Waals surface area contributed by atoms with E-state index in [0.29, 0.717) is 5.92 Å².